The zero-order chi connectivity index (χ0) is 19.6. The highest BCUT2D eigenvalue weighted by atomic mass is 15.3. The van der Waals surface area contributed by atoms with Crippen LogP contribution in [0.5, 0.6) is 0 Å². The third kappa shape index (κ3) is 3.68. The van der Waals surface area contributed by atoms with Crippen LogP contribution in [0.3, 0.4) is 0 Å². The number of benzene rings is 3. The molecule has 3 aromatic carbocycles. The van der Waals surface area contributed by atoms with Crippen LogP contribution in [0.2, 0.25) is 0 Å². The van der Waals surface area contributed by atoms with E-state index in [1.54, 1.807) is 0 Å². The Bertz CT molecular complexity index is 909. The summed E-state index contributed by atoms with van der Waals surface area (Å²) in [4.78, 5) is 5.32. The number of likely N-dealkylation sites (tertiary alicyclic amines) is 1. The van der Waals surface area contributed by atoms with Crippen molar-refractivity contribution < 1.29 is 0 Å². The van der Waals surface area contributed by atoms with Crippen LogP contribution in [0.25, 0.3) is 0 Å². The van der Waals surface area contributed by atoms with Crippen LogP contribution >= 0.6 is 0 Å². The van der Waals surface area contributed by atoms with E-state index in [9.17, 15) is 0 Å². The second-order valence-electron chi connectivity index (χ2n) is 8.29. The van der Waals surface area contributed by atoms with Crippen LogP contribution in [-0.4, -0.2) is 42.5 Å². The molecule has 0 bridgehead atoms. The van der Waals surface area contributed by atoms with Crippen LogP contribution in [-0.2, 0) is 13.0 Å². The largest absolute Gasteiger partial charge is 0.388 e. The van der Waals surface area contributed by atoms with Gasteiger partial charge in [-0.25, -0.2) is 0 Å². The Labute approximate surface area is 174 Å². The molecule has 1 N–H and O–H groups in total. The third-order valence-electron chi connectivity index (χ3n) is 6.54. The summed E-state index contributed by atoms with van der Waals surface area (Å²) in [5, 5.41) is 3.26. The minimum atomic E-state index is 0.351. The highest BCUT2D eigenvalue weighted by Gasteiger charge is 2.38. The van der Waals surface area contributed by atoms with E-state index in [0.29, 0.717) is 12.1 Å². The van der Waals surface area contributed by atoms with Gasteiger partial charge in [0.15, 0.2) is 0 Å². The van der Waals surface area contributed by atoms with Crippen LogP contribution in [0, 0.1) is 0 Å². The predicted octanol–water partition coefficient (Wildman–Crippen LogP) is 4.56. The number of nitrogens with one attached hydrogen (secondary N) is 1. The van der Waals surface area contributed by atoms with Crippen LogP contribution in [0.1, 0.15) is 28.3 Å². The van der Waals surface area contributed by atoms with Crippen molar-refractivity contribution in [3.8, 4) is 0 Å². The van der Waals surface area contributed by atoms with Gasteiger partial charge in [-0.15, -0.1) is 0 Å². The smallest absolute Gasteiger partial charge is 0.0602 e. The van der Waals surface area contributed by atoms with Gasteiger partial charge in [0.25, 0.3) is 0 Å². The first kappa shape index (κ1) is 18.4. The molecule has 148 valence electrons. The van der Waals surface area contributed by atoms with Crippen molar-refractivity contribution in [2.75, 3.05) is 32.0 Å². The summed E-state index contributed by atoms with van der Waals surface area (Å²) < 4.78 is 0. The van der Waals surface area contributed by atoms with Crippen molar-refractivity contribution in [3.63, 3.8) is 0 Å². The Morgan fingerprint density at radius 2 is 1.48 bits per heavy atom. The first-order chi connectivity index (χ1) is 14.3. The van der Waals surface area contributed by atoms with E-state index >= 15 is 0 Å². The molecule has 3 nitrogen and oxygen atoms in total. The number of hydrogen-bond acceptors (Lipinski definition) is 3. The van der Waals surface area contributed by atoms with E-state index in [4.69, 9.17) is 0 Å². The molecule has 0 atom stereocenters. The molecule has 0 aromatic heterocycles. The molecule has 2 aliphatic heterocycles. The van der Waals surface area contributed by atoms with Gasteiger partial charge in [-0.05, 0) is 40.8 Å². The van der Waals surface area contributed by atoms with Gasteiger partial charge in [0.05, 0.1) is 6.04 Å². The summed E-state index contributed by atoms with van der Waals surface area (Å²) >= 11 is 0. The Balaban J connectivity index is 1.30. The lowest BCUT2D eigenvalue weighted by molar-refractivity contribution is 0.00728. The maximum absolute atomic E-state index is 3.26. The zero-order valence-electron chi connectivity index (χ0n) is 17.1. The molecule has 0 unspecified atom stereocenters. The van der Waals surface area contributed by atoms with E-state index in [-0.39, 0.29) is 0 Å². The molecule has 0 aliphatic carbocycles. The molecule has 3 aromatic rings. The molecule has 3 heteroatoms. The standard InChI is InChI=1S/C26H29N3/c1-27-24-13-12-23-17-28(15-14-22(23)16-24)25-18-29(19-25)26(20-8-4-2-5-9-20)21-10-6-3-7-11-21/h2-13,16,25-27H,14-15,17-19H2,1H3. The maximum atomic E-state index is 3.26. The molecule has 0 radical (unpaired) electrons. The third-order valence-corrected chi connectivity index (χ3v) is 6.54. The van der Waals surface area contributed by atoms with E-state index in [2.05, 4.69) is 94.0 Å². The average Bonchev–Trinajstić information content (AvgIpc) is 2.76. The topological polar surface area (TPSA) is 18.5 Å². The van der Waals surface area contributed by atoms with Gasteiger partial charge in [-0.2, -0.15) is 0 Å². The van der Waals surface area contributed by atoms with Crippen molar-refractivity contribution in [1.29, 1.82) is 0 Å². The zero-order valence-corrected chi connectivity index (χ0v) is 17.1. The Hall–Kier alpha value is -2.62. The molecule has 2 heterocycles. The predicted molar refractivity (Wildman–Crippen MR) is 120 cm³/mol. The number of hydrogen-bond donors (Lipinski definition) is 1. The van der Waals surface area contributed by atoms with E-state index < -0.39 is 0 Å². The van der Waals surface area contributed by atoms with Crippen LogP contribution < -0.4 is 5.32 Å². The van der Waals surface area contributed by atoms with E-state index in [1.165, 1.54) is 34.5 Å². The number of nitrogens with zero attached hydrogens (tertiary/aromatic N) is 2. The molecule has 0 amide bonds. The maximum Gasteiger partial charge on any atom is 0.0602 e. The summed E-state index contributed by atoms with van der Waals surface area (Å²) in [5.41, 5.74) is 7.01. The first-order valence-electron chi connectivity index (χ1n) is 10.7. The first-order valence-corrected chi connectivity index (χ1v) is 10.7. The second kappa shape index (κ2) is 8.02. The van der Waals surface area contributed by atoms with E-state index in [0.717, 1.165) is 26.1 Å². The van der Waals surface area contributed by atoms with Gasteiger partial charge in [0.1, 0.15) is 0 Å². The summed E-state index contributed by atoms with van der Waals surface area (Å²) in [6, 6.07) is 29.7. The SMILES string of the molecule is CNc1ccc2c(c1)CCN(C1CN(C(c3ccccc3)c3ccccc3)C1)C2. The quantitative estimate of drug-likeness (QED) is 0.697. The van der Waals surface area contributed by atoms with Gasteiger partial charge in [0, 0.05) is 45.0 Å². The molecule has 1 saturated heterocycles. The summed E-state index contributed by atoms with van der Waals surface area (Å²) in [6.45, 7) is 4.52. The number of rotatable bonds is 5. The monoisotopic (exact) mass is 383 g/mol. The van der Waals surface area contributed by atoms with Crippen molar-refractivity contribution >= 4 is 5.69 Å². The Morgan fingerprint density at radius 1 is 0.828 bits per heavy atom. The minimum Gasteiger partial charge on any atom is -0.388 e. The summed E-state index contributed by atoms with van der Waals surface area (Å²) in [7, 11) is 2.00. The molecule has 0 saturated carbocycles. The lowest BCUT2D eigenvalue weighted by Gasteiger charge is -2.50. The summed E-state index contributed by atoms with van der Waals surface area (Å²) in [6.07, 6.45) is 1.15. The lowest BCUT2D eigenvalue weighted by Crippen LogP contribution is -2.60. The van der Waals surface area contributed by atoms with Gasteiger partial charge in [-0.1, -0.05) is 66.7 Å². The molecule has 29 heavy (non-hydrogen) atoms. The van der Waals surface area contributed by atoms with Crippen LogP contribution in [0.4, 0.5) is 5.69 Å². The van der Waals surface area contributed by atoms with Gasteiger partial charge in [0.2, 0.25) is 0 Å². The normalized spacial score (nSPS) is 17.7. The molecular formula is C26H29N3. The van der Waals surface area contributed by atoms with Crippen molar-refractivity contribution in [3.05, 3.63) is 101 Å². The Morgan fingerprint density at radius 3 is 2.10 bits per heavy atom. The van der Waals surface area contributed by atoms with Crippen LogP contribution in [0.15, 0.2) is 78.9 Å². The average molecular weight is 384 g/mol. The molecular weight excluding hydrogens is 354 g/mol. The fourth-order valence-corrected chi connectivity index (χ4v) is 4.86. The van der Waals surface area contributed by atoms with Crippen molar-refractivity contribution in [2.24, 2.45) is 0 Å². The van der Waals surface area contributed by atoms with Crippen molar-refractivity contribution in [2.45, 2.75) is 25.0 Å². The number of anilines is 1. The lowest BCUT2D eigenvalue weighted by atomic mass is 9.91. The van der Waals surface area contributed by atoms with Gasteiger partial charge in [-0.3, -0.25) is 9.80 Å². The molecule has 5 rings (SSSR count). The highest BCUT2D eigenvalue weighted by Crippen LogP contribution is 2.35. The molecule has 2 aliphatic rings. The Kier molecular flexibility index (Phi) is 5.09. The number of fused-ring (bicyclic) bond motifs is 1. The second-order valence-corrected chi connectivity index (χ2v) is 8.29. The minimum absolute atomic E-state index is 0.351. The van der Waals surface area contributed by atoms with Crippen molar-refractivity contribution in [1.82, 2.24) is 9.80 Å². The fraction of sp³-hybridized carbons (Fsp3) is 0.308. The molecule has 0 spiro atoms. The fourth-order valence-electron chi connectivity index (χ4n) is 4.86. The summed E-state index contributed by atoms with van der Waals surface area (Å²) in [5.74, 6) is 0. The molecule has 1 fully saturated rings. The van der Waals surface area contributed by atoms with Gasteiger partial charge >= 0.3 is 0 Å². The van der Waals surface area contributed by atoms with E-state index in [1.807, 2.05) is 7.05 Å². The highest BCUT2D eigenvalue weighted by molar-refractivity contribution is 5.49. The van der Waals surface area contributed by atoms with Gasteiger partial charge < -0.3 is 5.32 Å².